The van der Waals surface area contributed by atoms with Gasteiger partial charge in [0.2, 0.25) is 5.91 Å². The lowest BCUT2D eigenvalue weighted by atomic mass is 10.2. The number of carbonyl (C=O) groups excluding carboxylic acids is 1. The Labute approximate surface area is 141 Å². The van der Waals surface area contributed by atoms with E-state index in [1.807, 2.05) is 36.6 Å². The number of aromatic nitrogens is 1. The molecule has 0 aliphatic rings. The SMILES string of the molecule is C=CC(=O)N(Cc1cnsc1)CC(CC)Oc1ccccc1C. The minimum Gasteiger partial charge on any atom is -0.488 e. The summed E-state index contributed by atoms with van der Waals surface area (Å²) in [5.41, 5.74) is 2.12. The van der Waals surface area contributed by atoms with E-state index in [4.69, 9.17) is 4.74 Å². The van der Waals surface area contributed by atoms with Crippen LogP contribution in [0.4, 0.5) is 0 Å². The molecule has 0 bridgehead atoms. The molecule has 0 N–H and O–H groups in total. The maximum atomic E-state index is 12.1. The van der Waals surface area contributed by atoms with E-state index in [1.54, 1.807) is 11.1 Å². The first kappa shape index (κ1) is 17.2. The second-order valence-corrected chi connectivity index (χ2v) is 6.03. The van der Waals surface area contributed by atoms with Crippen molar-refractivity contribution in [2.24, 2.45) is 0 Å². The number of ether oxygens (including phenoxy) is 1. The molecule has 2 aromatic rings. The number of hydrogen-bond acceptors (Lipinski definition) is 4. The Morgan fingerprint density at radius 3 is 2.87 bits per heavy atom. The van der Waals surface area contributed by atoms with E-state index < -0.39 is 0 Å². The molecule has 5 heteroatoms. The summed E-state index contributed by atoms with van der Waals surface area (Å²) >= 11 is 1.39. The van der Waals surface area contributed by atoms with E-state index in [2.05, 4.69) is 17.9 Å². The van der Waals surface area contributed by atoms with Gasteiger partial charge in [-0.1, -0.05) is 31.7 Å². The number of amides is 1. The molecule has 0 aliphatic heterocycles. The van der Waals surface area contributed by atoms with Gasteiger partial charge in [-0.15, -0.1) is 0 Å². The molecule has 1 amide bonds. The zero-order chi connectivity index (χ0) is 16.7. The Hall–Kier alpha value is -2.14. The Morgan fingerprint density at radius 1 is 1.48 bits per heavy atom. The third kappa shape index (κ3) is 4.93. The molecule has 0 aliphatic carbocycles. The van der Waals surface area contributed by atoms with Crippen molar-refractivity contribution >= 4 is 17.4 Å². The first-order chi connectivity index (χ1) is 11.1. The van der Waals surface area contributed by atoms with Crippen LogP contribution in [0.1, 0.15) is 24.5 Å². The van der Waals surface area contributed by atoms with Crippen molar-refractivity contribution < 1.29 is 9.53 Å². The maximum absolute atomic E-state index is 12.1. The highest BCUT2D eigenvalue weighted by atomic mass is 32.1. The lowest BCUT2D eigenvalue weighted by molar-refractivity contribution is -0.127. The summed E-state index contributed by atoms with van der Waals surface area (Å²) in [4.78, 5) is 13.9. The molecule has 0 radical (unpaired) electrons. The summed E-state index contributed by atoms with van der Waals surface area (Å²) < 4.78 is 10.2. The molecule has 0 saturated heterocycles. The van der Waals surface area contributed by atoms with E-state index in [0.29, 0.717) is 13.1 Å². The number of para-hydroxylation sites is 1. The van der Waals surface area contributed by atoms with Crippen LogP contribution in [0.15, 0.2) is 48.5 Å². The second kappa shape index (κ2) is 8.48. The van der Waals surface area contributed by atoms with Crippen LogP contribution in [0.3, 0.4) is 0 Å². The summed E-state index contributed by atoms with van der Waals surface area (Å²) in [6, 6.07) is 7.92. The number of nitrogens with zero attached hydrogens (tertiary/aromatic N) is 2. The van der Waals surface area contributed by atoms with Crippen molar-refractivity contribution in [2.45, 2.75) is 32.9 Å². The minimum atomic E-state index is -0.0944. The average molecular weight is 330 g/mol. The van der Waals surface area contributed by atoms with Crippen LogP contribution in [0.2, 0.25) is 0 Å². The summed E-state index contributed by atoms with van der Waals surface area (Å²) in [5.74, 6) is 0.769. The summed E-state index contributed by atoms with van der Waals surface area (Å²) in [6.45, 7) is 8.72. The van der Waals surface area contributed by atoms with Crippen LogP contribution in [-0.4, -0.2) is 27.8 Å². The maximum Gasteiger partial charge on any atom is 0.246 e. The molecule has 1 aromatic heterocycles. The molecule has 1 heterocycles. The third-order valence-electron chi connectivity index (χ3n) is 3.61. The highest BCUT2D eigenvalue weighted by Gasteiger charge is 2.18. The van der Waals surface area contributed by atoms with Gasteiger partial charge in [0.25, 0.3) is 0 Å². The molecular weight excluding hydrogens is 308 g/mol. The van der Waals surface area contributed by atoms with Gasteiger partial charge >= 0.3 is 0 Å². The summed E-state index contributed by atoms with van der Waals surface area (Å²) in [7, 11) is 0. The van der Waals surface area contributed by atoms with E-state index in [0.717, 1.165) is 23.3 Å². The molecule has 23 heavy (non-hydrogen) atoms. The van der Waals surface area contributed by atoms with Crippen LogP contribution in [0.5, 0.6) is 5.75 Å². The number of rotatable bonds is 8. The number of benzene rings is 1. The van der Waals surface area contributed by atoms with Gasteiger partial charge in [-0.3, -0.25) is 4.79 Å². The molecule has 1 aromatic carbocycles. The molecule has 0 fully saturated rings. The van der Waals surface area contributed by atoms with Crippen LogP contribution in [0.25, 0.3) is 0 Å². The van der Waals surface area contributed by atoms with Crippen molar-refractivity contribution in [3.05, 3.63) is 59.6 Å². The van der Waals surface area contributed by atoms with Gasteiger partial charge in [-0.05, 0) is 42.6 Å². The van der Waals surface area contributed by atoms with E-state index in [1.165, 1.54) is 17.6 Å². The van der Waals surface area contributed by atoms with Gasteiger partial charge in [-0.25, -0.2) is 4.37 Å². The molecule has 1 unspecified atom stereocenters. The van der Waals surface area contributed by atoms with E-state index in [-0.39, 0.29) is 12.0 Å². The first-order valence-corrected chi connectivity index (χ1v) is 8.49. The van der Waals surface area contributed by atoms with Gasteiger partial charge in [0.05, 0.1) is 6.54 Å². The number of aryl methyl sites for hydroxylation is 1. The molecule has 1 atom stereocenters. The third-order valence-corrected chi connectivity index (χ3v) is 4.25. The lowest BCUT2D eigenvalue weighted by Crippen LogP contribution is -2.38. The Morgan fingerprint density at radius 2 is 2.26 bits per heavy atom. The second-order valence-electron chi connectivity index (χ2n) is 5.37. The fourth-order valence-electron chi connectivity index (χ4n) is 2.25. The van der Waals surface area contributed by atoms with Crippen molar-refractivity contribution in [2.75, 3.05) is 6.54 Å². The van der Waals surface area contributed by atoms with Gasteiger partial charge in [0.15, 0.2) is 0 Å². The summed E-state index contributed by atoms with van der Waals surface area (Å²) in [5, 5.41) is 1.95. The van der Waals surface area contributed by atoms with Crippen molar-refractivity contribution in [3.8, 4) is 5.75 Å². The zero-order valence-corrected chi connectivity index (χ0v) is 14.4. The quantitative estimate of drug-likeness (QED) is 0.691. The predicted octanol–water partition coefficient (Wildman–Crippen LogP) is 3.82. The van der Waals surface area contributed by atoms with Crippen LogP contribution < -0.4 is 4.74 Å². The van der Waals surface area contributed by atoms with Gasteiger partial charge in [0, 0.05) is 23.7 Å². The Kier molecular flexibility index (Phi) is 6.35. The average Bonchev–Trinajstić information content (AvgIpc) is 3.07. The van der Waals surface area contributed by atoms with E-state index >= 15 is 0 Å². The fraction of sp³-hybridized carbons (Fsp3) is 0.333. The van der Waals surface area contributed by atoms with Gasteiger partial charge in [0.1, 0.15) is 11.9 Å². The predicted molar refractivity (Wildman–Crippen MR) is 93.6 cm³/mol. The number of carbonyl (C=O) groups is 1. The Bertz CT molecular complexity index is 640. The van der Waals surface area contributed by atoms with Gasteiger partial charge < -0.3 is 9.64 Å². The highest BCUT2D eigenvalue weighted by molar-refractivity contribution is 7.03. The number of hydrogen-bond donors (Lipinski definition) is 0. The molecule has 0 saturated carbocycles. The minimum absolute atomic E-state index is 0.0633. The highest BCUT2D eigenvalue weighted by Crippen LogP contribution is 2.20. The van der Waals surface area contributed by atoms with Crippen molar-refractivity contribution in [1.29, 1.82) is 0 Å². The van der Waals surface area contributed by atoms with Gasteiger partial charge in [-0.2, -0.15) is 0 Å². The molecule has 0 spiro atoms. The molecule has 122 valence electrons. The fourth-order valence-corrected chi connectivity index (χ4v) is 2.78. The molecule has 4 nitrogen and oxygen atoms in total. The van der Waals surface area contributed by atoms with Crippen molar-refractivity contribution in [1.82, 2.24) is 9.27 Å². The Balaban J connectivity index is 2.07. The molecule has 2 rings (SSSR count). The monoisotopic (exact) mass is 330 g/mol. The standard InChI is InChI=1S/C18H22N2O2S/c1-4-16(22-17-9-7-6-8-14(17)3)12-20(18(21)5-2)11-15-10-19-23-13-15/h5-10,13,16H,2,4,11-12H2,1,3H3. The largest absolute Gasteiger partial charge is 0.488 e. The normalized spacial score (nSPS) is 11.7. The van der Waals surface area contributed by atoms with Crippen LogP contribution >= 0.6 is 11.5 Å². The smallest absolute Gasteiger partial charge is 0.246 e. The van der Waals surface area contributed by atoms with Crippen LogP contribution in [-0.2, 0) is 11.3 Å². The van der Waals surface area contributed by atoms with E-state index in [9.17, 15) is 4.79 Å². The summed E-state index contributed by atoms with van der Waals surface area (Å²) in [6.07, 6.45) is 3.89. The van der Waals surface area contributed by atoms with Crippen molar-refractivity contribution in [3.63, 3.8) is 0 Å². The topological polar surface area (TPSA) is 42.4 Å². The lowest BCUT2D eigenvalue weighted by Gasteiger charge is -2.27. The molecular formula is C18H22N2O2S. The zero-order valence-electron chi connectivity index (χ0n) is 13.6. The van der Waals surface area contributed by atoms with Crippen LogP contribution in [0, 0.1) is 6.92 Å². The first-order valence-electron chi connectivity index (χ1n) is 7.66.